The van der Waals surface area contributed by atoms with Gasteiger partial charge >= 0.3 is 0 Å². The highest BCUT2D eigenvalue weighted by Crippen LogP contribution is 2.16. The minimum Gasteiger partial charge on any atom is -0.366 e. The quantitative estimate of drug-likeness (QED) is 0.661. The topological polar surface area (TPSA) is 48.5 Å². The minimum atomic E-state index is -0.0882. The molecule has 72 valence electrons. The van der Waals surface area contributed by atoms with E-state index in [1.54, 1.807) is 6.20 Å². The van der Waals surface area contributed by atoms with Crippen LogP contribution in [0.25, 0.3) is 6.08 Å². The van der Waals surface area contributed by atoms with E-state index in [9.17, 15) is 4.79 Å². The summed E-state index contributed by atoms with van der Waals surface area (Å²) in [7, 11) is 0. The van der Waals surface area contributed by atoms with Crippen molar-refractivity contribution in [2.45, 2.75) is 13.8 Å². The monoisotopic (exact) mass is 189 g/mol. The number of aromatic amines is 1. The average molecular weight is 189 g/mol. The number of hydrogen-bond donors (Lipinski definition) is 1. The molecule has 1 amide bonds. The first-order chi connectivity index (χ1) is 6.68. The van der Waals surface area contributed by atoms with Crippen LogP contribution in [0.15, 0.2) is 23.7 Å². The van der Waals surface area contributed by atoms with E-state index in [1.807, 2.05) is 25.4 Å². The van der Waals surface area contributed by atoms with Crippen molar-refractivity contribution in [3.8, 4) is 0 Å². The second-order valence-electron chi connectivity index (χ2n) is 3.19. The smallest absolute Gasteiger partial charge is 0.243 e. The maximum Gasteiger partial charge on any atom is 0.243 e. The van der Waals surface area contributed by atoms with Gasteiger partial charge in [-0.1, -0.05) is 0 Å². The van der Waals surface area contributed by atoms with Crippen molar-refractivity contribution in [3.05, 3.63) is 29.7 Å². The molecule has 1 N–H and O–H groups in total. The molecule has 2 rings (SSSR count). The molecule has 0 atom stereocenters. The van der Waals surface area contributed by atoms with E-state index in [0.717, 1.165) is 16.8 Å². The van der Waals surface area contributed by atoms with Gasteiger partial charge in [-0.2, -0.15) is 5.10 Å². The van der Waals surface area contributed by atoms with Gasteiger partial charge in [0.25, 0.3) is 0 Å². The molecule has 1 aromatic heterocycles. The summed E-state index contributed by atoms with van der Waals surface area (Å²) < 4.78 is 0. The van der Waals surface area contributed by atoms with Gasteiger partial charge in [-0.05, 0) is 13.0 Å². The molecule has 14 heavy (non-hydrogen) atoms. The Bertz CT molecular complexity index is 428. The number of hydrogen-bond acceptors (Lipinski definition) is 2. The van der Waals surface area contributed by atoms with Gasteiger partial charge in [0.15, 0.2) is 0 Å². The lowest BCUT2D eigenvalue weighted by atomic mass is 10.1. The van der Waals surface area contributed by atoms with Crippen molar-refractivity contribution in [2.24, 2.45) is 5.10 Å². The Morgan fingerprint density at radius 2 is 2.29 bits per heavy atom. The van der Waals surface area contributed by atoms with Gasteiger partial charge in [-0.3, -0.25) is 4.79 Å². The molecule has 0 bridgehead atoms. The molecule has 0 saturated carbocycles. The molecule has 0 aromatic carbocycles. The Morgan fingerprint density at radius 3 is 3.00 bits per heavy atom. The van der Waals surface area contributed by atoms with Crippen LogP contribution < -0.4 is 0 Å². The summed E-state index contributed by atoms with van der Waals surface area (Å²) in [5.74, 6) is -0.0882. The molecule has 1 aliphatic heterocycles. The number of nitrogens with zero attached hydrogens (tertiary/aromatic N) is 2. The number of hydrazone groups is 1. The number of aromatic nitrogens is 1. The summed E-state index contributed by atoms with van der Waals surface area (Å²) >= 11 is 0. The molecular formula is C10H11N3O. The van der Waals surface area contributed by atoms with Crippen LogP contribution in [-0.4, -0.2) is 21.6 Å². The Morgan fingerprint density at radius 1 is 1.50 bits per heavy atom. The Hall–Kier alpha value is -1.84. The lowest BCUT2D eigenvalue weighted by molar-refractivity contribution is -0.126. The third-order valence-corrected chi connectivity index (χ3v) is 2.14. The first-order valence-corrected chi connectivity index (χ1v) is 4.39. The third-order valence-electron chi connectivity index (χ3n) is 2.14. The van der Waals surface area contributed by atoms with Crippen LogP contribution in [0.2, 0.25) is 0 Å². The lowest BCUT2D eigenvalue weighted by Gasteiger charge is -2.08. The summed E-state index contributed by atoms with van der Waals surface area (Å²) in [5, 5.41) is 5.53. The van der Waals surface area contributed by atoms with Crippen LogP contribution in [-0.2, 0) is 4.79 Å². The molecule has 0 fully saturated rings. The fourth-order valence-corrected chi connectivity index (χ4v) is 1.40. The van der Waals surface area contributed by atoms with Gasteiger partial charge in [-0.15, -0.1) is 0 Å². The van der Waals surface area contributed by atoms with Crippen molar-refractivity contribution in [2.75, 3.05) is 0 Å². The largest absolute Gasteiger partial charge is 0.366 e. The molecule has 2 heterocycles. The van der Waals surface area contributed by atoms with Crippen LogP contribution in [0.3, 0.4) is 0 Å². The maximum atomic E-state index is 11.1. The SMILES string of the molecule is CC(=O)N1C=Cc2c[nH]cc2C(C)=N1. The first kappa shape index (κ1) is 8.74. The zero-order chi connectivity index (χ0) is 10.1. The number of nitrogens with one attached hydrogen (secondary N) is 1. The van der Waals surface area contributed by atoms with E-state index >= 15 is 0 Å². The number of H-pyrrole nitrogens is 1. The number of rotatable bonds is 0. The predicted octanol–water partition coefficient (Wildman–Crippen LogP) is 1.57. The van der Waals surface area contributed by atoms with Gasteiger partial charge < -0.3 is 4.98 Å². The summed E-state index contributed by atoms with van der Waals surface area (Å²) in [4.78, 5) is 14.1. The molecular weight excluding hydrogens is 178 g/mol. The van der Waals surface area contributed by atoms with Gasteiger partial charge in [0.1, 0.15) is 0 Å². The summed E-state index contributed by atoms with van der Waals surface area (Å²) in [6.45, 7) is 3.37. The normalized spacial score (nSPS) is 14.7. The van der Waals surface area contributed by atoms with Gasteiger partial charge in [-0.25, -0.2) is 5.01 Å². The van der Waals surface area contributed by atoms with E-state index in [2.05, 4.69) is 10.1 Å². The number of fused-ring (bicyclic) bond motifs is 1. The van der Waals surface area contributed by atoms with E-state index in [4.69, 9.17) is 0 Å². The predicted molar refractivity (Wildman–Crippen MR) is 54.6 cm³/mol. The van der Waals surface area contributed by atoms with Gasteiger partial charge in [0.05, 0.1) is 5.71 Å². The van der Waals surface area contributed by atoms with Crippen molar-refractivity contribution in [3.63, 3.8) is 0 Å². The van der Waals surface area contributed by atoms with Crippen molar-refractivity contribution in [1.29, 1.82) is 0 Å². The summed E-state index contributed by atoms with van der Waals surface area (Å²) in [6, 6.07) is 0. The van der Waals surface area contributed by atoms with Crippen LogP contribution in [0.4, 0.5) is 0 Å². The van der Waals surface area contributed by atoms with Crippen LogP contribution in [0.5, 0.6) is 0 Å². The number of amides is 1. The second-order valence-corrected chi connectivity index (χ2v) is 3.19. The van der Waals surface area contributed by atoms with Crippen LogP contribution in [0, 0.1) is 0 Å². The average Bonchev–Trinajstić information content (AvgIpc) is 2.54. The first-order valence-electron chi connectivity index (χ1n) is 4.39. The molecule has 1 aliphatic rings. The van der Waals surface area contributed by atoms with Crippen LogP contribution in [0.1, 0.15) is 25.0 Å². The van der Waals surface area contributed by atoms with Crippen molar-refractivity contribution >= 4 is 17.7 Å². The maximum absolute atomic E-state index is 11.1. The highest BCUT2D eigenvalue weighted by molar-refractivity contribution is 6.02. The molecule has 4 heteroatoms. The van der Waals surface area contributed by atoms with Gasteiger partial charge in [0.2, 0.25) is 5.91 Å². The van der Waals surface area contributed by atoms with Crippen LogP contribution >= 0.6 is 0 Å². The minimum absolute atomic E-state index is 0.0882. The highest BCUT2D eigenvalue weighted by Gasteiger charge is 2.12. The Kier molecular flexibility index (Phi) is 1.96. The Labute approximate surface area is 81.9 Å². The fraction of sp³-hybridized carbons (Fsp3) is 0.200. The highest BCUT2D eigenvalue weighted by atomic mass is 16.2. The molecule has 0 unspecified atom stereocenters. The second kappa shape index (κ2) is 3.14. The van der Waals surface area contributed by atoms with Gasteiger partial charge in [0, 0.05) is 36.6 Å². The van der Waals surface area contributed by atoms with E-state index in [1.165, 1.54) is 11.9 Å². The molecule has 4 nitrogen and oxygen atoms in total. The van der Waals surface area contributed by atoms with E-state index in [0.29, 0.717) is 0 Å². The van der Waals surface area contributed by atoms with Crippen molar-refractivity contribution in [1.82, 2.24) is 9.99 Å². The Balaban J connectivity index is 2.47. The van der Waals surface area contributed by atoms with E-state index < -0.39 is 0 Å². The molecule has 0 radical (unpaired) electrons. The molecule has 0 saturated heterocycles. The fourth-order valence-electron chi connectivity index (χ4n) is 1.40. The number of carbonyl (C=O) groups is 1. The molecule has 0 spiro atoms. The summed E-state index contributed by atoms with van der Waals surface area (Å²) in [5.41, 5.74) is 2.92. The number of carbonyl (C=O) groups excluding carboxylic acids is 1. The molecule has 0 aliphatic carbocycles. The lowest BCUT2D eigenvalue weighted by Crippen LogP contribution is -2.17. The van der Waals surface area contributed by atoms with E-state index in [-0.39, 0.29) is 5.91 Å². The third kappa shape index (κ3) is 1.35. The zero-order valence-electron chi connectivity index (χ0n) is 8.11. The molecule has 1 aromatic rings. The standard InChI is InChI=1S/C10H11N3O/c1-7-10-6-11-5-9(10)3-4-13(12-7)8(2)14/h3-6,11H,1-2H3. The van der Waals surface area contributed by atoms with Crippen molar-refractivity contribution < 1.29 is 4.79 Å². The zero-order valence-corrected chi connectivity index (χ0v) is 8.11. The summed E-state index contributed by atoms with van der Waals surface area (Å²) in [6.07, 6.45) is 7.30.